The van der Waals surface area contributed by atoms with Crippen molar-refractivity contribution in [2.45, 2.75) is 76.6 Å². The molecule has 3 aliphatic rings. The van der Waals surface area contributed by atoms with Crippen LogP contribution in [-0.4, -0.2) is 31.8 Å². The van der Waals surface area contributed by atoms with Crippen molar-refractivity contribution in [3.63, 3.8) is 0 Å². The second kappa shape index (κ2) is 6.34. The van der Waals surface area contributed by atoms with Crippen molar-refractivity contribution in [2.24, 2.45) is 16.5 Å². The summed E-state index contributed by atoms with van der Waals surface area (Å²) in [6, 6.07) is 6.67. The Hall–Kier alpha value is -1.33. The predicted molar refractivity (Wildman–Crippen MR) is 111 cm³/mol. The lowest BCUT2D eigenvalue weighted by Crippen LogP contribution is -2.56. The van der Waals surface area contributed by atoms with Gasteiger partial charge < -0.3 is 14.4 Å². The van der Waals surface area contributed by atoms with Crippen LogP contribution in [0.1, 0.15) is 56.1 Å². The van der Waals surface area contributed by atoms with Gasteiger partial charge in [-0.1, -0.05) is 18.1 Å². The standard InChI is InChI=1S/C22H33NO3Si/c1-21-12-10-18-17-8-7-16(26-27(3,4)5)14-15(17)6-9-19(18)22(21,24)13-11-20(21)23-25-2/h7-8,14,18-19,24H,6,9-13H2,1-5H3/b23-20-/t18-,19-,21-,22?/m1/s1. The maximum absolute atomic E-state index is 11.8. The van der Waals surface area contributed by atoms with Crippen molar-refractivity contribution >= 4 is 14.0 Å². The Morgan fingerprint density at radius 3 is 2.63 bits per heavy atom. The summed E-state index contributed by atoms with van der Waals surface area (Å²) < 4.78 is 6.21. The third-order valence-corrected chi connectivity index (χ3v) is 8.10. The molecular weight excluding hydrogens is 354 g/mol. The highest BCUT2D eigenvalue weighted by Crippen LogP contribution is 2.62. The molecule has 3 aliphatic carbocycles. The quantitative estimate of drug-likeness (QED) is 0.594. The van der Waals surface area contributed by atoms with E-state index >= 15 is 0 Å². The normalized spacial score (nSPS) is 36.7. The Balaban J connectivity index is 1.66. The van der Waals surface area contributed by atoms with Crippen LogP contribution in [-0.2, 0) is 11.3 Å². The molecule has 1 aromatic rings. The molecule has 148 valence electrons. The van der Waals surface area contributed by atoms with E-state index < -0.39 is 13.9 Å². The number of aliphatic hydroxyl groups is 1. The van der Waals surface area contributed by atoms with Gasteiger partial charge in [0.15, 0.2) is 0 Å². The molecule has 4 atom stereocenters. The van der Waals surface area contributed by atoms with Gasteiger partial charge >= 0.3 is 0 Å². The summed E-state index contributed by atoms with van der Waals surface area (Å²) in [6.45, 7) is 8.87. The van der Waals surface area contributed by atoms with E-state index in [0.29, 0.717) is 11.8 Å². The zero-order valence-corrected chi connectivity index (χ0v) is 18.3. The molecule has 1 aromatic carbocycles. The second-order valence-electron chi connectivity index (χ2n) is 9.84. The van der Waals surface area contributed by atoms with Gasteiger partial charge in [-0.25, -0.2) is 0 Å². The van der Waals surface area contributed by atoms with Crippen LogP contribution in [0.3, 0.4) is 0 Å². The molecule has 2 saturated carbocycles. The minimum Gasteiger partial charge on any atom is -0.544 e. The fourth-order valence-electron chi connectivity index (χ4n) is 6.00. The van der Waals surface area contributed by atoms with Gasteiger partial charge in [0, 0.05) is 5.41 Å². The highest BCUT2D eigenvalue weighted by atomic mass is 28.4. The van der Waals surface area contributed by atoms with Gasteiger partial charge in [0.1, 0.15) is 12.9 Å². The van der Waals surface area contributed by atoms with Gasteiger partial charge in [-0.05, 0) is 93.3 Å². The second-order valence-corrected chi connectivity index (χ2v) is 14.3. The van der Waals surface area contributed by atoms with E-state index in [1.807, 2.05) is 0 Å². The maximum atomic E-state index is 11.8. The molecule has 0 aliphatic heterocycles. The molecule has 0 aromatic heterocycles. The predicted octanol–water partition coefficient (Wildman–Crippen LogP) is 4.87. The molecule has 4 nitrogen and oxygen atoms in total. The van der Waals surface area contributed by atoms with Crippen LogP contribution in [0.15, 0.2) is 23.4 Å². The molecule has 0 bridgehead atoms. The summed E-state index contributed by atoms with van der Waals surface area (Å²) in [5.74, 6) is 1.76. The zero-order valence-electron chi connectivity index (χ0n) is 17.3. The largest absolute Gasteiger partial charge is 0.544 e. The monoisotopic (exact) mass is 387 g/mol. The van der Waals surface area contributed by atoms with Gasteiger partial charge in [-0.15, -0.1) is 0 Å². The van der Waals surface area contributed by atoms with Crippen molar-refractivity contribution < 1.29 is 14.4 Å². The molecule has 0 spiro atoms. The first kappa shape index (κ1) is 19.0. The molecule has 1 unspecified atom stereocenters. The smallest absolute Gasteiger partial charge is 0.242 e. The van der Waals surface area contributed by atoms with E-state index in [0.717, 1.165) is 50.0 Å². The number of fused-ring (bicyclic) bond motifs is 5. The van der Waals surface area contributed by atoms with Gasteiger partial charge in [0.2, 0.25) is 8.32 Å². The topological polar surface area (TPSA) is 51.0 Å². The van der Waals surface area contributed by atoms with Crippen LogP contribution >= 0.6 is 0 Å². The fraction of sp³-hybridized carbons (Fsp3) is 0.682. The van der Waals surface area contributed by atoms with Crippen LogP contribution in [0.5, 0.6) is 5.75 Å². The van der Waals surface area contributed by atoms with Crippen molar-refractivity contribution in [2.75, 3.05) is 7.11 Å². The average Bonchev–Trinajstić information content (AvgIpc) is 2.85. The lowest BCUT2D eigenvalue weighted by Gasteiger charge is -2.54. The number of benzene rings is 1. The van der Waals surface area contributed by atoms with E-state index in [2.05, 4.69) is 49.9 Å². The highest BCUT2D eigenvalue weighted by Gasteiger charge is 2.63. The average molecular weight is 388 g/mol. The summed E-state index contributed by atoms with van der Waals surface area (Å²) >= 11 is 0. The minimum atomic E-state index is -1.60. The molecule has 27 heavy (non-hydrogen) atoms. The number of aryl methyl sites for hydroxylation is 1. The molecule has 0 saturated heterocycles. The summed E-state index contributed by atoms with van der Waals surface area (Å²) in [6.07, 6.45) is 5.79. The number of rotatable bonds is 3. The van der Waals surface area contributed by atoms with E-state index in [1.165, 1.54) is 11.1 Å². The van der Waals surface area contributed by atoms with Crippen molar-refractivity contribution in [3.8, 4) is 5.75 Å². The molecule has 0 radical (unpaired) electrons. The van der Waals surface area contributed by atoms with Crippen molar-refractivity contribution in [3.05, 3.63) is 29.3 Å². The van der Waals surface area contributed by atoms with Crippen LogP contribution in [0.4, 0.5) is 0 Å². The third kappa shape index (κ3) is 2.94. The third-order valence-electron chi connectivity index (χ3n) is 7.25. The molecular formula is C22H33NO3Si. The first-order valence-corrected chi connectivity index (χ1v) is 13.7. The Labute approximate surface area is 164 Å². The van der Waals surface area contributed by atoms with Gasteiger partial charge in [-0.3, -0.25) is 0 Å². The lowest BCUT2D eigenvalue weighted by molar-refractivity contribution is -0.119. The van der Waals surface area contributed by atoms with E-state index in [9.17, 15) is 5.11 Å². The Morgan fingerprint density at radius 2 is 1.93 bits per heavy atom. The molecule has 2 fully saturated rings. The summed E-state index contributed by atoms with van der Waals surface area (Å²) in [5.41, 5.74) is 2.99. The van der Waals surface area contributed by atoms with Crippen LogP contribution < -0.4 is 4.43 Å². The van der Waals surface area contributed by atoms with Crippen LogP contribution in [0, 0.1) is 11.3 Å². The van der Waals surface area contributed by atoms with Gasteiger partial charge in [-0.2, -0.15) is 0 Å². The molecule has 0 heterocycles. The van der Waals surface area contributed by atoms with E-state index in [-0.39, 0.29) is 5.41 Å². The SMILES string of the molecule is CO/N=C1/CCC2(O)[C@@H]3CCc4cc(O[Si](C)(C)C)ccc4[C@H]3CC[C@]12C. The Bertz CT molecular complexity index is 771. The Morgan fingerprint density at radius 1 is 1.15 bits per heavy atom. The number of hydrogen-bond donors (Lipinski definition) is 1. The van der Waals surface area contributed by atoms with Crippen LogP contribution in [0.2, 0.25) is 19.6 Å². The van der Waals surface area contributed by atoms with Gasteiger partial charge in [0.25, 0.3) is 0 Å². The lowest BCUT2D eigenvalue weighted by atomic mass is 9.53. The minimum absolute atomic E-state index is 0.247. The zero-order chi connectivity index (χ0) is 19.4. The first-order chi connectivity index (χ1) is 12.7. The van der Waals surface area contributed by atoms with Crippen molar-refractivity contribution in [1.29, 1.82) is 0 Å². The number of oxime groups is 1. The molecule has 1 N–H and O–H groups in total. The summed E-state index contributed by atoms with van der Waals surface area (Å²) in [4.78, 5) is 5.10. The molecule has 4 rings (SSSR count). The van der Waals surface area contributed by atoms with Crippen molar-refractivity contribution in [1.82, 2.24) is 0 Å². The van der Waals surface area contributed by atoms with E-state index in [1.54, 1.807) is 7.11 Å². The highest BCUT2D eigenvalue weighted by molar-refractivity contribution is 6.70. The maximum Gasteiger partial charge on any atom is 0.242 e. The number of nitrogens with zero attached hydrogens (tertiary/aromatic N) is 1. The summed E-state index contributed by atoms with van der Waals surface area (Å²) in [7, 11) is 0.00936. The fourth-order valence-corrected chi connectivity index (χ4v) is 6.84. The number of hydrogen-bond acceptors (Lipinski definition) is 4. The molecule has 5 heteroatoms. The van der Waals surface area contributed by atoms with E-state index in [4.69, 9.17) is 9.26 Å². The molecule has 0 amide bonds. The van der Waals surface area contributed by atoms with Crippen LogP contribution in [0.25, 0.3) is 0 Å². The summed E-state index contributed by atoms with van der Waals surface area (Å²) in [5, 5.41) is 16.1. The van der Waals surface area contributed by atoms with Gasteiger partial charge in [0.05, 0.1) is 11.3 Å². The first-order valence-electron chi connectivity index (χ1n) is 10.3. The Kier molecular flexibility index (Phi) is 4.47.